The highest BCUT2D eigenvalue weighted by atomic mass is 16.6. The molecule has 3 heterocycles. The standard InChI is InChI=1S/C37H47N3O6/c1-6-11-24-45-35(44)31-30-33(42)40(29(25-41)26-15-13-12-14-16-26)32(37(30)22-21-36(31,8-3)46-37)34(43)39(23-7-2)28-19-17-27(18-20-28)38(9-4)10-5/h6-7,12-20,29-32,41H,1-2,8-11,21-25H2,3-5H3/t29-,30+,31+,32?,36-,37?/m1/s1. The van der Waals surface area contributed by atoms with E-state index >= 15 is 4.79 Å². The van der Waals surface area contributed by atoms with Crippen LogP contribution >= 0.6 is 0 Å². The molecule has 0 aliphatic carbocycles. The third-order valence-corrected chi connectivity index (χ3v) is 10.2. The van der Waals surface area contributed by atoms with Crippen LogP contribution in [0.2, 0.25) is 0 Å². The van der Waals surface area contributed by atoms with Crippen LogP contribution < -0.4 is 9.80 Å². The fourth-order valence-corrected chi connectivity index (χ4v) is 8.02. The molecule has 2 amide bonds. The molecular weight excluding hydrogens is 582 g/mol. The number of aliphatic hydroxyl groups excluding tert-OH is 1. The average molecular weight is 630 g/mol. The molecule has 0 aromatic heterocycles. The van der Waals surface area contributed by atoms with E-state index in [9.17, 15) is 14.7 Å². The van der Waals surface area contributed by atoms with Gasteiger partial charge in [-0.2, -0.15) is 0 Å². The molecule has 6 atom stereocenters. The molecule has 5 rings (SSSR count). The van der Waals surface area contributed by atoms with E-state index in [1.54, 1.807) is 17.1 Å². The van der Waals surface area contributed by atoms with Crippen LogP contribution in [0.15, 0.2) is 79.9 Å². The fraction of sp³-hybridized carbons (Fsp3) is 0.486. The minimum Gasteiger partial charge on any atom is -0.465 e. The van der Waals surface area contributed by atoms with E-state index in [0.717, 1.165) is 18.8 Å². The van der Waals surface area contributed by atoms with E-state index < -0.39 is 47.7 Å². The summed E-state index contributed by atoms with van der Waals surface area (Å²) in [6, 6.07) is 15.1. The maximum Gasteiger partial charge on any atom is 0.312 e. The average Bonchev–Trinajstić information content (AvgIpc) is 3.69. The Kier molecular flexibility index (Phi) is 10.0. The third kappa shape index (κ3) is 5.43. The monoisotopic (exact) mass is 629 g/mol. The minimum atomic E-state index is -1.27. The Morgan fingerprint density at radius 2 is 1.72 bits per heavy atom. The summed E-state index contributed by atoms with van der Waals surface area (Å²) in [5.41, 5.74) is 0.199. The zero-order chi connectivity index (χ0) is 33.1. The number of aliphatic hydroxyl groups is 1. The highest BCUT2D eigenvalue weighted by Crippen LogP contribution is 2.65. The summed E-state index contributed by atoms with van der Waals surface area (Å²) in [5, 5.41) is 10.8. The lowest BCUT2D eigenvalue weighted by Gasteiger charge is -2.39. The fourth-order valence-electron chi connectivity index (χ4n) is 8.02. The highest BCUT2D eigenvalue weighted by molar-refractivity contribution is 6.05. The van der Waals surface area contributed by atoms with Gasteiger partial charge in [-0.1, -0.05) is 49.4 Å². The van der Waals surface area contributed by atoms with E-state index in [4.69, 9.17) is 9.47 Å². The van der Waals surface area contributed by atoms with Crippen LogP contribution in [0.5, 0.6) is 0 Å². The summed E-state index contributed by atoms with van der Waals surface area (Å²) < 4.78 is 12.6. The number of carbonyl (C=O) groups is 3. The summed E-state index contributed by atoms with van der Waals surface area (Å²) in [4.78, 5) is 49.0. The van der Waals surface area contributed by atoms with Crippen molar-refractivity contribution >= 4 is 29.2 Å². The molecule has 0 saturated carbocycles. The lowest BCUT2D eigenvalue weighted by atomic mass is 9.65. The van der Waals surface area contributed by atoms with Crippen LogP contribution in [-0.2, 0) is 23.9 Å². The van der Waals surface area contributed by atoms with Gasteiger partial charge in [-0.25, -0.2) is 0 Å². The number of ether oxygens (including phenoxy) is 2. The number of anilines is 2. The van der Waals surface area contributed by atoms with Crippen molar-refractivity contribution in [3.63, 3.8) is 0 Å². The van der Waals surface area contributed by atoms with Crippen molar-refractivity contribution < 1.29 is 29.0 Å². The van der Waals surface area contributed by atoms with Crippen molar-refractivity contribution in [2.45, 2.75) is 69.7 Å². The lowest BCUT2D eigenvalue weighted by molar-refractivity contribution is -0.162. The SMILES string of the molecule is C=CCCOC(=O)[C@@H]1[C@H]2C(=O)N([C@H](CO)c3ccccc3)C(C(=O)N(CC=C)c3ccc(N(CC)CC)cc3)C23CC[C@@]1(CC)O3. The second-order valence-corrected chi connectivity index (χ2v) is 12.4. The summed E-state index contributed by atoms with van der Waals surface area (Å²) in [6.45, 7) is 15.4. The van der Waals surface area contributed by atoms with Crippen molar-refractivity contribution in [2.75, 3.05) is 42.6 Å². The molecule has 3 saturated heterocycles. The molecule has 3 aliphatic heterocycles. The molecule has 3 aliphatic rings. The second kappa shape index (κ2) is 13.8. The highest BCUT2D eigenvalue weighted by Gasteiger charge is 2.79. The first-order valence-electron chi connectivity index (χ1n) is 16.5. The van der Waals surface area contributed by atoms with Crippen LogP contribution in [0, 0.1) is 11.8 Å². The van der Waals surface area contributed by atoms with Gasteiger partial charge in [0.1, 0.15) is 17.6 Å². The predicted octanol–water partition coefficient (Wildman–Crippen LogP) is 5.06. The molecule has 1 spiro atoms. The Labute approximate surface area is 272 Å². The molecule has 2 unspecified atom stereocenters. The van der Waals surface area contributed by atoms with Gasteiger partial charge in [-0.05, 0) is 69.4 Å². The number of benzene rings is 2. The van der Waals surface area contributed by atoms with Crippen molar-refractivity contribution in [1.29, 1.82) is 0 Å². The smallest absolute Gasteiger partial charge is 0.312 e. The van der Waals surface area contributed by atoms with E-state index in [0.29, 0.717) is 36.9 Å². The molecule has 46 heavy (non-hydrogen) atoms. The minimum absolute atomic E-state index is 0.151. The predicted molar refractivity (Wildman–Crippen MR) is 178 cm³/mol. The number of amides is 2. The van der Waals surface area contributed by atoms with Crippen LogP contribution in [0.4, 0.5) is 11.4 Å². The summed E-state index contributed by atoms with van der Waals surface area (Å²) in [5.74, 6) is -3.02. The molecule has 3 fully saturated rings. The van der Waals surface area contributed by atoms with Gasteiger partial charge in [0.15, 0.2) is 0 Å². The number of esters is 1. The number of hydrogen-bond acceptors (Lipinski definition) is 7. The number of nitrogens with zero attached hydrogens (tertiary/aromatic N) is 3. The summed E-state index contributed by atoms with van der Waals surface area (Å²) in [6.07, 6.45) is 5.25. The maximum absolute atomic E-state index is 15.1. The normalized spacial score (nSPS) is 26.8. The zero-order valence-electron chi connectivity index (χ0n) is 27.3. The Balaban J connectivity index is 1.62. The van der Waals surface area contributed by atoms with Crippen LogP contribution in [-0.4, -0.2) is 77.9 Å². The molecule has 2 aromatic rings. The van der Waals surface area contributed by atoms with E-state index in [2.05, 4.69) is 31.9 Å². The van der Waals surface area contributed by atoms with Crippen molar-refractivity contribution in [2.24, 2.45) is 11.8 Å². The van der Waals surface area contributed by atoms with Gasteiger partial charge >= 0.3 is 5.97 Å². The molecule has 2 aromatic carbocycles. The first kappa shape index (κ1) is 33.4. The van der Waals surface area contributed by atoms with E-state index in [1.807, 2.05) is 61.5 Å². The Morgan fingerprint density at radius 3 is 2.30 bits per heavy atom. The molecular formula is C37H47N3O6. The first-order valence-corrected chi connectivity index (χ1v) is 16.5. The number of fused-ring (bicyclic) bond motifs is 1. The van der Waals surface area contributed by atoms with Crippen molar-refractivity contribution in [1.82, 2.24) is 4.90 Å². The maximum atomic E-state index is 15.1. The molecule has 246 valence electrons. The summed E-state index contributed by atoms with van der Waals surface area (Å²) in [7, 11) is 0. The van der Waals surface area contributed by atoms with Crippen molar-refractivity contribution in [3.8, 4) is 0 Å². The molecule has 1 N–H and O–H groups in total. The lowest BCUT2D eigenvalue weighted by Crippen LogP contribution is -2.57. The first-order chi connectivity index (χ1) is 22.3. The van der Waals surface area contributed by atoms with Crippen LogP contribution in [0.3, 0.4) is 0 Å². The number of rotatable bonds is 15. The van der Waals surface area contributed by atoms with Crippen LogP contribution in [0.25, 0.3) is 0 Å². The van der Waals surface area contributed by atoms with Crippen molar-refractivity contribution in [3.05, 3.63) is 85.5 Å². The van der Waals surface area contributed by atoms with Gasteiger partial charge < -0.3 is 29.3 Å². The molecule has 9 nitrogen and oxygen atoms in total. The van der Waals surface area contributed by atoms with E-state index in [1.165, 1.54) is 4.90 Å². The Hall–Kier alpha value is -3.95. The third-order valence-electron chi connectivity index (χ3n) is 10.2. The quantitative estimate of drug-likeness (QED) is 0.167. The second-order valence-electron chi connectivity index (χ2n) is 12.4. The van der Waals surface area contributed by atoms with Gasteiger partial charge in [0.25, 0.3) is 5.91 Å². The molecule has 0 radical (unpaired) electrons. The van der Waals surface area contributed by atoms with Gasteiger partial charge in [0.2, 0.25) is 5.91 Å². The Morgan fingerprint density at radius 1 is 1.04 bits per heavy atom. The van der Waals surface area contributed by atoms with Gasteiger partial charge in [-0.15, -0.1) is 13.2 Å². The van der Waals surface area contributed by atoms with Gasteiger partial charge in [0, 0.05) is 31.0 Å². The van der Waals surface area contributed by atoms with Crippen LogP contribution in [0.1, 0.15) is 58.1 Å². The topological polar surface area (TPSA) is 99.6 Å². The van der Waals surface area contributed by atoms with E-state index in [-0.39, 0.29) is 25.0 Å². The largest absolute Gasteiger partial charge is 0.465 e. The number of likely N-dealkylation sites (tertiary alicyclic amines) is 1. The zero-order valence-corrected chi connectivity index (χ0v) is 27.3. The van der Waals surface area contributed by atoms with Gasteiger partial charge in [0.05, 0.1) is 30.8 Å². The Bertz CT molecular complexity index is 1430. The summed E-state index contributed by atoms with van der Waals surface area (Å²) >= 11 is 0. The number of carbonyl (C=O) groups excluding carboxylic acids is 3. The number of hydrogen-bond donors (Lipinski definition) is 1. The van der Waals surface area contributed by atoms with Gasteiger partial charge in [-0.3, -0.25) is 14.4 Å². The molecule has 2 bridgehead atoms. The molecule has 9 heteroatoms.